The van der Waals surface area contributed by atoms with Crippen LogP contribution in [0.3, 0.4) is 0 Å². The zero-order chi connectivity index (χ0) is 22.0. The summed E-state index contributed by atoms with van der Waals surface area (Å²) < 4.78 is 28.9. The van der Waals surface area contributed by atoms with Gasteiger partial charge in [0.15, 0.2) is 0 Å². The summed E-state index contributed by atoms with van der Waals surface area (Å²) in [4.78, 5) is 16.8. The third kappa shape index (κ3) is 4.33. The van der Waals surface area contributed by atoms with Gasteiger partial charge in [-0.05, 0) is 36.6 Å². The van der Waals surface area contributed by atoms with Crippen LogP contribution < -0.4 is 0 Å². The van der Waals surface area contributed by atoms with E-state index in [1.54, 1.807) is 23.2 Å². The van der Waals surface area contributed by atoms with Crippen molar-refractivity contribution in [2.45, 2.75) is 31.8 Å². The fraction of sp³-hybridized carbons (Fsp3) is 0.227. The first kappa shape index (κ1) is 20.3. The third-order valence-corrected chi connectivity index (χ3v) is 5.03. The summed E-state index contributed by atoms with van der Waals surface area (Å²) in [6, 6.07) is 6.31. The number of hydrogen-bond donors (Lipinski definition) is 0. The highest BCUT2D eigenvalue weighted by Crippen LogP contribution is 2.30. The van der Waals surface area contributed by atoms with Crippen LogP contribution in [0.25, 0.3) is 10.9 Å². The number of nitrogens with zero attached hydrogens (tertiary/aromatic N) is 6. The van der Waals surface area contributed by atoms with E-state index in [4.69, 9.17) is 5.26 Å². The average Bonchev–Trinajstić information content (AvgIpc) is 3.38. The zero-order valence-electron chi connectivity index (χ0n) is 16.5. The van der Waals surface area contributed by atoms with Gasteiger partial charge in [-0.3, -0.25) is 9.48 Å². The van der Waals surface area contributed by atoms with Crippen LogP contribution in [-0.2, 0) is 11.3 Å². The number of fused-ring (bicyclic) bond motifs is 1. The van der Waals surface area contributed by atoms with Crippen LogP contribution in [0.4, 0.5) is 8.78 Å². The Kier molecular flexibility index (Phi) is 5.54. The molecule has 4 rings (SSSR count). The first-order valence-electron chi connectivity index (χ1n) is 9.67. The molecule has 0 aliphatic carbocycles. The molecule has 1 aliphatic heterocycles. The van der Waals surface area contributed by atoms with Crippen molar-refractivity contribution in [3.63, 3.8) is 0 Å². The number of carbonyl (C=O) groups is 1. The number of pyridine rings is 1. The molecule has 0 spiro atoms. The highest BCUT2D eigenvalue weighted by atomic mass is 19.1. The van der Waals surface area contributed by atoms with Gasteiger partial charge >= 0.3 is 0 Å². The SMILES string of the molecule is C=C(CCCn1cc2cc(C#N)ncc2n1)C(=O)N1N=CCC1c1cc(F)cc(F)c1. The van der Waals surface area contributed by atoms with Crippen LogP contribution in [0.1, 0.15) is 36.6 Å². The number of hydrazone groups is 1. The molecule has 2 aromatic heterocycles. The normalized spacial score (nSPS) is 15.4. The van der Waals surface area contributed by atoms with E-state index in [0.717, 1.165) is 11.5 Å². The van der Waals surface area contributed by atoms with Crippen molar-refractivity contribution in [2.75, 3.05) is 0 Å². The monoisotopic (exact) mass is 420 g/mol. The largest absolute Gasteiger partial charge is 0.271 e. The standard InChI is InChI=1S/C22H18F2N6O/c1-14(3-2-6-29-13-16-9-19(11-25)26-12-20(16)28-29)22(31)30-21(4-5-27-30)15-7-17(23)10-18(24)8-15/h5,7-10,12-13,21H,1-4,6H2. The third-order valence-electron chi connectivity index (χ3n) is 5.03. The molecular formula is C22H18F2N6O. The molecule has 0 bridgehead atoms. The number of benzene rings is 1. The fourth-order valence-electron chi connectivity index (χ4n) is 3.53. The minimum absolute atomic E-state index is 0.324. The molecule has 1 amide bonds. The smallest absolute Gasteiger partial charge is 0.269 e. The van der Waals surface area contributed by atoms with Gasteiger partial charge in [0.25, 0.3) is 5.91 Å². The van der Waals surface area contributed by atoms with Crippen LogP contribution >= 0.6 is 0 Å². The molecule has 7 nitrogen and oxygen atoms in total. The Morgan fingerprint density at radius 1 is 1.26 bits per heavy atom. The number of amides is 1. The summed E-state index contributed by atoms with van der Waals surface area (Å²) in [6.07, 6.45) is 6.31. The van der Waals surface area contributed by atoms with Crippen LogP contribution in [0, 0.1) is 23.0 Å². The van der Waals surface area contributed by atoms with Crippen LogP contribution in [0.15, 0.2) is 53.9 Å². The second kappa shape index (κ2) is 8.44. The number of rotatable bonds is 6. The Balaban J connectivity index is 1.37. The molecular weight excluding hydrogens is 402 g/mol. The molecule has 3 aromatic rings. The fourth-order valence-corrected chi connectivity index (χ4v) is 3.53. The lowest BCUT2D eigenvalue weighted by Crippen LogP contribution is -2.28. The molecule has 156 valence electrons. The van der Waals surface area contributed by atoms with Gasteiger partial charge in [0.1, 0.15) is 28.9 Å². The van der Waals surface area contributed by atoms with Crippen molar-refractivity contribution in [1.82, 2.24) is 19.8 Å². The van der Waals surface area contributed by atoms with Crippen molar-refractivity contribution in [2.24, 2.45) is 5.10 Å². The predicted octanol–water partition coefficient (Wildman–Crippen LogP) is 3.88. The summed E-state index contributed by atoms with van der Waals surface area (Å²) in [6.45, 7) is 4.42. The predicted molar refractivity (Wildman–Crippen MR) is 110 cm³/mol. The second-order valence-corrected chi connectivity index (χ2v) is 7.24. The van der Waals surface area contributed by atoms with Gasteiger partial charge in [-0.15, -0.1) is 0 Å². The van der Waals surface area contributed by atoms with Crippen LogP contribution in [-0.4, -0.2) is 31.9 Å². The summed E-state index contributed by atoms with van der Waals surface area (Å²) in [5, 5.41) is 19.5. The van der Waals surface area contributed by atoms with E-state index in [-0.39, 0.29) is 5.91 Å². The maximum absolute atomic E-state index is 13.6. The maximum atomic E-state index is 13.6. The lowest BCUT2D eigenvalue weighted by molar-refractivity contribution is -0.129. The highest BCUT2D eigenvalue weighted by molar-refractivity contribution is 5.94. The number of halogens is 2. The van der Waals surface area contributed by atoms with Crippen molar-refractivity contribution in [3.05, 3.63) is 71.7 Å². The minimum atomic E-state index is -0.697. The molecule has 0 fully saturated rings. The molecule has 0 N–H and O–H groups in total. The molecule has 9 heteroatoms. The van der Waals surface area contributed by atoms with Gasteiger partial charge in [-0.25, -0.2) is 18.8 Å². The number of aromatic nitrogens is 3. The van der Waals surface area contributed by atoms with Gasteiger partial charge in [-0.1, -0.05) is 6.58 Å². The van der Waals surface area contributed by atoms with E-state index < -0.39 is 17.7 Å². The van der Waals surface area contributed by atoms with E-state index in [9.17, 15) is 13.6 Å². The van der Waals surface area contributed by atoms with Gasteiger partial charge in [0, 0.05) is 42.4 Å². The molecule has 1 unspecified atom stereocenters. The Morgan fingerprint density at radius 3 is 2.77 bits per heavy atom. The Morgan fingerprint density at radius 2 is 2.03 bits per heavy atom. The molecule has 3 heterocycles. The van der Waals surface area contributed by atoms with Crippen molar-refractivity contribution < 1.29 is 13.6 Å². The number of hydrogen-bond acceptors (Lipinski definition) is 5. The summed E-state index contributed by atoms with van der Waals surface area (Å²) in [5.74, 6) is -1.77. The first-order valence-corrected chi connectivity index (χ1v) is 9.67. The van der Waals surface area contributed by atoms with Crippen LogP contribution in [0.2, 0.25) is 0 Å². The molecule has 1 aromatic carbocycles. The van der Waals surface area contributed by atoms with Gasteiger partial charge in [0.05, 0.1) is 12.2 Å². The first-order chi connectivity index (χ1) is 14.9. The number of carbonyl (C=O) groups excluding carboxylic acids is 1. The van der Waals surface area contributed by atoms with E-state index in [2.05, 4.69) is 21.8 Å². The summed E-state index contributed by atoms with van der Waals surface area (Å²) in [5.41, 5.74) is 1.71. The lowest BCUT2D eigenvalue weighted by Gasteiger charge is -2.23. The van der Waals surface area contributed by atoms with E-state index in [1.807, 2.05) is 12.3 Å². The topological polar surface area (TPSA) is 87.2 Å². The molecule has 0 radical (unpaired) electrons. The summed E-state index contributed by atoms with van der Waals surface area (Å²) >= 11 is 0. The Bertz CT molecular complexity index is 1220. The van der Waals surface area contributed by atoms with Crippen LogP contribution in [0.5, 0.6) is 0 Å². The van der Waals surface area contributed by atoms with Crippen molar-refractivity contribution in [1.29, 1.82) is 5.26 Å². The number of nitriles is 1. The van der Waals surface area contributed by atoms with Gasteiger partial charge in [-0.2, -0.15) is 15.5 Å². The van der Waals surface area contributed by atoms with E-state index >= 15 is 0 Å². The van der Waals surface area contributed by atoms with E-state index in [0.29, 0.717) is 48.2 Å². The van der Waals surface area contributed by atoms with E-state index in [1.165, 1.54) is 17.1 Å². The van der Waals surface area contributed by atoms with Crippen molar-refractivity contribution >= 4 is 23.0 Å². The molecule has 0 saturated carbocycles. The summed E-state index contributed by atoms with van der Waals surface area (Å²) in [7, 11) is 0. The minimum Gasteiger partial charge on any atom is -0.271 e. The number of aryl methyl sites for hydroxylation is 1. The van der Waals surface area contributed by atoms with Gasteiger partial charge < -0.3 is 0 Å². The quantitative estimate of drug-likeness (QED) is 0.567. The Hall–Kier alpha value is -3.93. The Labute approximate surface area is 176 Å². The second-order valence-electron chi connectivity index (χ2n) is 7.24. The van der Waals surface area contributed by atoms with Gasteiger partial charge in [0.2, 0.25) is 0 Å². The molecule has 31 heavy (non-hydrogen) atoms. The molecule has 1 aliphatic rings. The zero-order valence-corrected chi connectivity index (χ0v) is 16.5. The molecule has 1 atom stereocenters. The maximum Gasteiger partial charge on any atom is 0.269 e. The molecule has 0 saturated heterocycles. The average molecular weight is 420 g/mol. The lowest BCUT2D eigenvalue weighted by atomic mass is 10.0. The van der Waals surface area contributed by atoms with Crippen molar-refractivity contribution in [3.8, 4) is 6.07 Å². The highest BCUT2D eigenvalue weighted by Gasteiger charge is 2.30.